The highest BCUT2D eigenvalue weighted by Gasteiger charge is 2.04. The standard InChI is InChI=1S/C15H15NO3/c1-2-3-11-4-6-12(7-5-11)19-13-8-9-14(15(17)18)16-10-13/h4-10H,2-3H2,1H3,(H,17,18). The molecule has 0 atom stereocenters. The second-order valence-corrected chi connectivity index (χ2v) is 4.18. The summed E-state index contributed by atoms with van der Waals surface area (Å²) in [5.74, 6) is 0.188. The van der Waals surface area contributed by atoms with Gasteiger partial charge in [-0.2, -0.15) is 0 Å². The van der Waals surface area contributed by atoms with Crippen LogP contribution in [0.1, 0.15) is 29.4 Å². The van der Waals surface area contributed by atoms with Gasteiger partial charge in [0.25, 0.3) is 0 Å². The van der Waals surface area contributed by atoms with Gasteiger partial charge in [0.1, 0.15) is 17.2 Å². The van der Waals surface area contributed by atoms with E-state index in [0.717, 1.165) is 12.8 Å². The first-order valence-corrected chi connectivity index (χ1v) is 6.15. The van der Waals surface area contributed by atoms with Gasteiger partial charge in [-0.25, -0.2) is 9.78 Å². The second-order valence-electron chi connectivity index (χ2n) is 4.18. The largest absolute Gasteiger partial charge is 0.477 e. The molecule has 1 aromatic carbocycles. The van der Waals surface area contributed by atoms with E-state index in [2.05, 4.69) is 11.9 Å². The molecular formula is C15H15NO3. The summed E-state index contributed by atoms with van der Waals surface area (Å²) in [6.45, 7) is 2.14. The summed E-state index contributed by atoms with van der Waals surface area (Å²) in [6.07, 6.45) is 3.57. The smallest absolute Gasteiger partial charge is 0.354 e. The second kappa shape index (κ2) is 6.00. The highest BCUT2D eigenvalue weighted by Crippen LogP contribution is 2.21. The predicted molar refractivity (Wildman–Crippen MR) is 71.7 cm³/mol. The molecule has 2 aromatic rings. The fourth-order valence-electron chi connectivity index (χ4n) is 1.72. The number of pyridine rings is 1. The first-order chi connectivity index (χ1) is 9.19. The fraction of sp³-hybridized carbons (Fsp3) is 0.200. The average molecular weight is 257 g/mol. The molecule has 98 valence electrons. The number of ether oxygens (including phenoxy) is 1. The van der Waals surface area contributed by atoms with E-state index in [0.29, 0.717) is 11.5 Å². The SMILES string of the molecule is CCCc1ccc(Oc2ccc(C(=O)O)nc2)cc1. The predicted octanol–water partition coefficient (Wildman–Crippen LogP) is 3.52. The molecule has 0 amide bonds. The number of carboxylic acids is 1. The topological polar surface area (TPSA) is 59.4 Å². The molecule has 1 N–H and O–H groups in total. The highest BCUT2D eigenvalue weighted by molar-refractivity contribution is 5.85. The van der Waals surface area contributed by atoms with Crippen LogP contribution in [0.5, 0.6) is 11.5 Å². The summed E-state index contributed by atoms with van der Waals surface area (Å²) in [7, 11) is 0. The Labute approximate surface area is 111 Å². The third-order valence-electron chi connectivity index (χ3n) is 2.65. The maximum atomic E-state index is 10.7. The van der Waals surface area contributed by atoms with Gasteiger partial charge in [0, 0.05) is 0 Å². The minimum atomic E-state index is -1.05. The van der Waals surface area contributed by atoms with Crippen LogP contribution in [0.4, 0.5) is 0 Å². The van der Waals surface area contributed by atoms with Crippen molar-refractivity contribution in [3.8, 4) is 11.5 Å². The Morgan fingerprint density at radius 3 is 2.37 bits per heavy atom. The van der Waals surface area contributed by atoms with Crippen molar-refractivity contribution >= 4 is 5.97 Å². The van der Waals surface area contributed by atoms with Gasteiger partial charge in [-0.3, -0.25) is 0 Å². The zero-order chi connectivity index (χ0) is 13.7. The Hall–Kier alpha value is -2.36. The molecule has 0 saturated carbocycles. The van der Waals surface area contributed by atoms with E-state index < -0.39 is 5.97 Å². The molecule has 1 heterocycles. The number of carbonyl (C=O) groups is 1. The van der Waals surface area contributed by atoms with Gasteiger partial charge < -0.3 is 9.84 Å². The molecule has 0 saturated heterocycles. The molecule has 4 heteroatoms. The van der Waals surface area contributed by atoms with Crippen molar-refractivity contribution in [1.29, 1.82) is 0 Å². The number of carboxylic acid groups (broad SMARTS) is 1. The third kappa shape index (κ3) is 3.55. The maximum Gasteiger partial charge on any atom is 0.354 e. The Morgan fingerprint density at radius 2 is 1.84 bits per heavy atom. The number of nitrogens with zero attached hydrogens (tertiary/aromatic N) is 1. The molecule has 0 aliphatic carbocycles. The van der Waals surface area contributed by atoms with Crippen molar-refractivity contribution in [3.05, 3.63) is 53.9 Å². The lowest BCUT2D eigenvalue weighted by Gasteiger charge is -2.06. The Balaban J connectivity index is 2.06. The van der Waals surface area contributed by atoms with Crippen molar-refractivity contribution in [3.63, 3.8) is 0 Å². The number of rotatable bonds is 5. The molecule has 2 rings (SSSR count). The van der Waals surface area contributed by atoms with Crippen molar-refractivity contribution in [2.75, 3.05) is 0 Å². The molecule has 4 nitrogen and oxygen atoms in total. The van der Waals surface area contributed by atoms with Crippen LogP contribution in [-0.2, 0) is 6.42 Å². The fourth-order valence-corrected chi connectivity index (χ4v) is 1.72. The number of benzene rings is 1. The van der Waals surface area contributed by atoms with Crippen LogP contribution >= 0.6 is 0 Å². The lowest BCUT2D eigenvalue weighted by molar-refractivity contribution is 0.0690. The molecule has 0 unspecified atom stereocenters. The lowest BCUT2D eigenvalue weighted by atomic mass is 10.1. The van der Waals surface area contributed by atoms with Crippen LogP contribution in [-0.4, -0.2) is 16.1 Å². The number of aromatic nitrogens is 1. The number of aryl methyl sites for hydroxylation is 1. The van der Waals surface area contributed by atoms with E-state index in [4.69, 9.17) is 9.84 Å². The van der Waals surface area contributed by atoms with E-state index >= 15 is 0 Å². The average Bonchev–Trinajstić information content (AvgIpc) is 2.42. The molecule has 0 bridgehead atoms. The Kier molecular flexibility index (Phi) is 4.13. The van der Waals surface area contributed by atoms with Crippen LogP contribution < -0.4 is 4.74 Å². The summed E-state index contributed by atoms with van der Waals surface area (Å²) in [5, 5.41) is 8.74. The van der Waals surface area contributed by atoms with Gasteiger partial charge in [-0.1, -0.05) is 25.5 Å². The van der Waals surface area contributed by atoms with Crippen LogP contribution in [0.25, 0.3) is 0 Å². The van der Waals surface area contributed by atoms with Crippen LogP contribution in [0.2, 0.25) is 0 Å². The summed E-state index contributed by atoms with van der Waals surface area (Å²) >= 11 is 0. The molecule has 0 radical (unpaired) electrons. The lowest BCUT2D eigenvalue weighted by Crippen LogP contribution is -1.99. The number of aromatic carboxylic acids is 1. The van der Waals surface area contributed by atoms with Crippen molar-refractivity contribution in [2.24, 2.45) is 0 Å². The van der Waals surface area contributed by atoms with Gasteiger partial charge in [-0.05, 0) is 36.2 Å². The molecule has 0 spiro atoms. The van der Waals surface area contributed by atoms with Crippen molar-refractivity contribution < 1.29 is 14.6 Å². The number of hydrogen-bond donors (Lipinski definition) is 1. The number of hydrogen-bond acceptors (Lipinski definition) is 3. The van der Waals surface area contributed by atoms with E-state index in [9.17, 15) is 4.79 Å². The highest BCUT2D eigenvalue weighted by atomic mass is 16.5. The Morgan fingerprint density at radius 1 is 1.16 bits per heavy atom. The van der Waals surface area contributed by atoms with E-state index in [1.807, 2.05) is 24.3 Å². The summed E-state index contributed by atoms with van der Waals surface area (Å²) in [5.41, 5.74) is 1.28. The van der Waals surface area contributed by atoms with Gasteiger partial charge in [0.05, 0.1) is 6.20 Å². The van der Waals surface area contributed by atoms with Gasteiger partial charge in [0.2, 0.25) is 0 Å². The normalized spacial score (nSPS) is 10.2. The zero-order valence-corrected chi connectivity index (χ0v) is 10.7. The molecule has 19 heavy (non-hydrogen) atoms. The molecule has 0 aliphatic heterocycles. The quantitative estimate of drug-likeness (QED) is 0.890. The maximum absolute atomic E-state index is 10.7. The summed E-state index contributed by atoms with van der Waals surface area (Å²) in [4.78, 5) is 14.5. The molecule has 0 aliphatic rings. The monoisotopic (exact) mass is 257 g/mol. The minimum Gasteiger partial charge on any atom is -0.477 e. The summed E-state index contributed by atoms with van der Waals surface area (Å²) in [6, 6.07) is 10.9. The van der Waals surface area contributed by atoms with Crippen LogP contribution in [0, 0.1) is 0 Å². The summed E-state index contributed by atoms with van der Waals surface area (Å²) < 4.78 is 5.59. The molecular weight excluding hydrogens is 242 g/mol. The Bertz CT molecular complexity index is 547. The van der Waals surface area contributed by atoms with Crippen molar-refractivity contribution in [1.82, 2.24) is 4.98 Å². The van der Waals surface area contributed by atoms with Crippen LogP contribution in [0.3, 0.4) is 0 Å². The zero-order valence-electron chi connectivity index (χ0n) is 10.7. The first kappa shape index (κ1) is 13.1. The first-order valence-electron chi connectivity index (χ1n) is 6.15. The van der Waals surface area contributed by atoms with E-state index in [1.165, 1.54) is 17.8 Å². The molecule has 0 fully saturated rings. The minimum absolute atomic E-state index is 0.00523. The third-order valence-corrected chi connectivity index (χ3v) is 2.65. The van der Waals surface area contributed by atoms with E-state index in [-0.39, 0.29) is 5.69 Å². The van der Waals surface area contributed by atoms with E-state index in [1.54, 1.807) is 6.07 Å². The van der Waals surface area contributed by atoms with Gasteiger partial charge >= 0.3 is 5.97 Å². The van der Waals surface area contributed by atoms with Gasteiger partial charge in [0.15, 0.2) is 0 Å². The van der Waals surface area contributed by atoms with Crippen LogP contribution in [0.15, 0.2) is 42.6 Å². The van der Waals surface area contributed by atoms with Gasteiger partial charge in [-0.15, -0.1) is 0 Å². The molecule has 1 aromatic heterocycles. The van der Waals surface area contributed by atoms with Crippen molar-refractivity contribution in [2.45, 2.75) is 19.8 Å².